The van der Waals surface area contributed by atoms with Gasteiger partial charge in [-0.1, -0.05) is 6.92 Å². The van der Waals surface area contributed by atoms with E-state index in [1.807, 2.05) is 11.9 Å². The summed E-state index contributed by atoms with van der Waals surface area (Å²) < 4.78 is 22.2. The van der Waals surface area contributed by atoms with E-state index in [0.29, 0.717) is 12.5 Å². The summed E-state index contributed by atoms with van der Waals surface area (Å²) in [5.41, 5.74) is 0. The summed E-state index contributed by atoms with van der Waals surface area (Å²) in [5, 5.41) is 9.90. The summed E-state index contributed by atoms with van der Waals surface area (Å²) in [4.78, 5) is 1.99. The van der Waals surface area contributed by atoms with Crippen LogP contribution in [0.25, 0.3) is 0 Å². The summed E-state index contributed by atoms with van der Waals surface area (Å²) in [6.07, 6.45) is 3.80. The van der Waals surface area contributed by atoms with Gasteiger partial charge in [0.2, 0.25) is 0 Å². The molecule has 1 aliphatic rings. The average molecular weight is 249 g/mol. The van der Waals surface area contributed by atoms with Crippen LogP contribution in [-0.2, 0) is 9.84 Å². The lowest BCUT2D eigenvalue weighted by atomic mass is 9.84. The van der Waals surface area contributed by atoms with Crippen LogP contribution >= 0.6 is 0 Å². The molecule has 16 heavy (non-hydrogen) atoms. The molecule has 0 aromatic heterocycles. The second kappa shape index (κ2) is 5.47. The van der Waals surface area contributed by atoms with E-state index in [9.17, 15) is 13.5 Å². The van der Waals surface area contributed by atoms with Crippen molar-refractivity contribution in [3.05, 3.63) is 0 Å². The van der Waals surface area contributed by atoms with Crippen LogP contribution in [0.15, 0.2) is 0 Å². The molecule has 3 atom stereocenters. The Bertz CT molecular complexity index is 315. The molecule has 1 N–H and O–H groups in total. The molecular weight excluding hydrogens is 226 g/mol. The van der Waals surface area contributed by atoms with Gasteiger partial charge in [0.05, 0.1) is 11.9 Å². The lowest BCUT2D eigenvalue weighted by Gasteiger charge is -2.37. The molecule has 1 fully saturated rings. The van der Waals surface area contributed by atoms with E-state index in [1.54, 1.807) is 0 Å². The van der Waals surface area contributed by atoms with E-state index in [2.05, 4.69) is 6.92 Å². The predicted molar refractivity (Wildman–Crippen MR) is 65.2 cm³/mol. The number of sulfone groups is 1. The lowest BCUT2D eigenvalue weighted by Crippen LogP contribution is -2.46. The third-order valence-electron chi connectivity index (χ3n) is 3.42. The maximum Gasteiger partial charge on any atom is 0.148 e. The summed E-state index contributed by atoms with van der Waals surface area (Å²) in [5.74, 6) is 0.787. The average Bonchev–Trinajstić information content (AvgIpc) is 2.17. The van der Waals surface area contributed by atoms with Crippen molar-refractivity contribution >= 4 is 9.84 Å². The first kappa shape index (κ1) is 13.9. The Labute approximate surface area is 98.6 Å². The van der Waals surface area contributed by atoms with Crippen LogP contribution in [0.5, 0.6) is 0 Å². The maximum atomic E-state index is 11.1. The second-order valence-electron chi connectivity index (χ2n) is 5.16. The number of likely N-dealkylation sites (N-methyl/N-ethyl adjacent to an activating group) is 1. The minimum absolute atomic E-state index is 0.116. The molecule has 0 radical (unpaired) electrons. The molecule has 0 aromatic carbocycles. The smallest absolute Gasteiger partial charge is 0.148 e. The van der Waals surface area contributed by atoms with Gasteiger partial charge in [0, 0.05) is 18.8 Å². The molecule has 0 saturated heterocycles. The van der Waals surface area contributed by atoms with E-state index >= 15 is 0 Å². The van der Waals surface area contributed by atoms with Gasteiger partial charge in [0.1, 0.15) is 9.84 Å². The van der Waals surface area contributed by atoms with Gasteiger partial charge in [-0.3, -0.25) is 4.90 Å². The van der Waals surface area contributed by atoms with Gasteiger partial charge in [0.15, 0.2) is 0 Å². The Morgan fingerprint density at radius 2 is 2.00 bits per heavy atom. The SMILES string of the molecule is CC1CCC(O)C(N(C)CCS(C)(=O)=O)C1. The Kier molecular flexibility index (Phi) is 4.76. The fourth-order valence-corrected chi connectivity index (χ4v) is 2.90. The number of rotatable bonds is 4. The molecule has 4 nitrogen and oxygen atoms in total. The molecule has 1 saturated carbocycles. The highest BCUT2D eigenvalue weighted by Gasteiger charge is 2.30. The molecule has 1 rings (SSSR count). The van der Waals surface area contributed by atoms with Crippen molar-refractivity contribution in [3.8, 4) is 0 Å². The zero-order chi connectivity index (χ0) is 12.3. The topological polar surface area (TPSA) is 57.6 Å². The van der Waals surface area contributed by atoms with Gasteiger partial charge in [-0.25, -0.2) is 8.42 Å². The van der Waals surface area contributed by atoms with Crippen LogP contribution in [0.1, 0.15) is 26.2 Å². The molecule has 0 heterocycles. The third-order valence-corrected chi connectivity index (χ3v) is 4.35. The van der Waals surface area contributed by atoms with Crippen molar-refractivity contribution in [2.45, 2.75) is 38.3 Å². The zero-order valence-corrected chi connectivity index (χ0v) is 11.2. The maximum absolute atomic E-state index is 11.1. The summed E-state index contributed by atoms with van der Waals surface area (Å²) in [6.45, 7) is 2.69. The minimum atomic E-state index is -2.91. The normalized spacial score (nSPS) is 31.9. The van der Waals surface area contributed by atoms with Gasteiger partial charge < -0.3 is 5.11 Å². The first-order chi connectivity index (χ1) is 7.29. The van der Waals surface area contributed by atoms with Crippen molar-refractivity contribution in [2.75, 3.05) is 25.6 Å². The molecule has 0 spiro atoms. The number of hydrogen-bond donors (Lipinski definition) is 1. The van der Waals surface area contributed by atoms with Gasteiger partial charge >= 0.3 is 0 Å². The van der Waals surface area contributed by atoms with Crippen molar-refractivity contribution in [1.82, 2.24) is 4.90 Å². The van der Waals surface area contributed by atoms with Gasteiger partial charge in [-0.2, -0.15) is 0 Å². The summed E-state index contributed by atoms with van der Waals surface area (Å²) >= 11 is 0. The van der Waals surface area contributed by atoms with Crippen LogP contribution in [0.2, 0.25) is 0 Å². The highest BCUT2D eigenvalue weighted by atomic mass is 32.2. The highest BCUT2D eigenvalue weighted by Crippen LogP contribution is 2.26. The van der Waals surface area contributed by atoms with E-state index in [-0.39, 0.29) is 17.9 Å². The molecule has 0 amide bonds. The van der Waals surface area contributed by atoms with Crippen LogP contribution in [0, 0.1) is 5.92 Å². The standard InChI is InChI=1S/C11H23NO3S/c1-9-4-5-11(13)10(8-9)12(2)6-7-16(3,14)15/h9-11,13H,4-8H2,1-3H3. The zero-order valence-electron chi connectivity index (χ0n) is 10.4. The Hall–Kier alpha value is -0.130. The predicted octanol–water partition coefficient (Wildman–Crippen LogP) is 0.512. The van der Waals surface area contributed by atoms with Crippen molar-refractivity contribution in [1.29, 1.82) is 0 Å². The van der Waals surface area contributed by atoms with Crippen LogP contribution in [0.3, 0.4) is 0 Å². The molecule has 1 aliphatic carbocycles. The highest BCUT2D eigenvalue weighted by molar-refractivity contribution is 7.90. The Morgan fingerprint density at radius 1 is 1.38 bits per heavy atom. The minimum Gasteiger partial charge on any atom is -0.391 e. The Morgan fingerprint density at radius 3 is 2.56 bits per heavy atom. The molecule has 0 aliphatic heterocycles. The van der Waals surface area contributed by atoms with E-state index in [1.165, 1.54) is 6.26 Å². The number of nitrogens with zero attached hydrogens (tertiary/aromatic N) is 1. The summed E-state index contributed by atoms with van der Waals surface area (Å²) in [7, 11) is -1.01. The van der Waals surface area contributed by atoms with Crippen LogP contribution in [-0.4, -0.2) is 56.2 Å². The van der Waals surface area contributed by atoms with E-state index in [0.717, 1.165) is 19.3 Å². The fraction of sp³-hybridized carbons (Fsp3) is 1.00. The number of hydrogen-bond acceptors (Lipinski definition) is 4. The summed E-state index contributed by atoms with van der Waals surface area (Å²) in [6, 6.07) is 0.116. The van der Waals surface area contributed by atoms with Crippen molar-refractivity contribution in [2.24, 2.45) is 5.92 Å². The largest absolute Gasteiger partial charge is 0.391 e. The monoisotopic (exact) mass is 249 g/mol. The molecule has 0 bridgehead atoms. The fourth-order valence-electron chi connectivity index (χ4n) is 2.28. The molecule has 0 aromatic rings. The number of aliphatic hydroxyl groups excluding tert-OH is 1. The van der Waals surface area contributed by atoms with Crippen molar-refractivity contribution in [3.63, 3.8) is 0 Å². The molecule has 96 valence electrons. The molecule has 3 unspecified atom stereocenters. The van der Waals surface area contributed by atoms with Crippen molar-refractivity contribution < 1.29 is 13.5 Å². The van der Waals surface area contributed by atoms with Crippen LogP contribution < -0.4 is 0 Å². The van der Waals surface area contributed by atoms with Crippen LogP contribution in [0.4, 0.5) is 0 Å². The van der Waals surface area contributed by atoms with E-state index < -0.39 is 9.84 Å². The van der Waals surface area contributed by atoms with Gasteiger partial charge in [0.25, 0.3) is 0 Å². The quantitative estimate of drug-likeness (QED) is 0.789. The third kappa shape index (κ3) is 4.39. The van der Waals surface area contributed by atoms with E-state index in [4.69, 9.17) is 0 Å². The second-order valence-corrected chi connectivity index (χ2v) is 7.42. The first-order valence-electron chi connectivity index (χ1n) is 5.85. The van der Waals surface area contributed by atoms with Gasteiger partial charge in [-0.15, -0.1) is 0 Å². The lowest BCUT2D eigenvalue weighted by molar-refractivity contribution is 0.0196. The molecule has 5 heteroatoms. The molecular formula is C11H23NO3S. The number of aliphatic hydroxyl groups is 1. The first-order valence-corrected chi connectivity index (χ1v) is 7.91. The Balaban J connectivity index is 2.48. The van der Waals surface area contributed by atoms with Gasteiger partial charge in [-0.05, 0) is 32.2 Å².